The highest BCUT2D eigenvalue weighted by atomic mass is 15.1. The number of likely N-dealkylation sites (N-methyl/N-ethyl adjacent to an activating group) is 1. The molecule has 0 aromatic carbocycles. The number of nitrogens with one attached hydrogen (secondary N) is 1. The Bertz CT molecular complexity index is 159. The van der Waals surface area contributed by atoms with Crippen molar-refractivity contribution in [1.29, 1.82) is 0 Å². The van der Waals surface area contributed by atoms with Gasteiger partial charge in [0.2, 0.25) is 0 Å². The van der Waals surface area contributed by atoms with Crippen LogP contribution in [-0.2, 0) is 0 Å². The molecule has 0 spiro atoms. The van der Waals surface area contributed by atoms with E-state index >= 15 is 0 Å². The molecule has 0 amide bonds. The topological polar surface area (TPSA) is 15.3 Å². The summed E-state index contributed by atoms with van der Waals surface area (Å²) in [6.07, 6.45) is 8.07. The van der Waals surface area contributed by atoms with Crippen molar-refractivity contribution >= 4 is 0 Å². The first-order chi connectivity index (χ1) is 8.11. The Morgan fingerprint density at radius 2 is 1.76 bits per heavy atom. The molecule has 2 nitrogen and oxygen atoms in total. The van der Waals surface area contributed by atoms with Crippen LogP contribution in [-0.4, -0.2) is 37.1 Å². The average Bonchev–Trinajstić information content (AvgIpc) is 2.33. The summed E-state index contributed by atoms with van der Waals surface area (Å²) in [4.78, 5) is 2.44. The molecule has 0 fully saturated rings. The smallest absolute Gasteiger partial charge is 0.0107 e. The van der Waals surface area contributed by atoms with Crippen molar-refractivity contribution in [3.05, 3.63) is 0 Å². The van der Waals surface area contributed by atoms with E-state index in [0.717, 1.165) is 13.1 Å². The minimum atomic E-state index is 0.678. The maximum atomic E-state index is 3.63. The normalized spacial score (nSPS) is 15.2. The molecule has 0 aliphatic heterocycles. The fraction of sp³-hybridized carbons (Fsp3) is 1.00. The van der Waals surface area contributed by atoms with Crippen molar-refractivity contribution in [2.75, 3.05) is 20.1 Å². The lowest BCUT2D eigenvalue weighted by atomic mass is 10.1. The van der Waals surface area contributed by atoms with E-state index in [2.05, 4.69) is 45.0 Å². The lowest BCUT2D eigenvalue weighted by Gasteiger charge is -2.24. The molecule has 0 radical (unpaired) electrons. The molecule has 0 rings (SSSR count). The zero-order chi connectivity index (χ0) is 13.1. The third-order valence-corrected chi connectivity index (χ3v) is 3.79. The van der Waals surface area contributed by atoms with Crippen molar-refractivity contribution in [2.24, 2.45) is 0 Å². The van der Waals surface area contributed by atoms with Crippen molar-refractivity contribution in [2.45, 2.75) is 78.3 Å². The van der Waals surface area contributed by atoms with Gasteiger partial charge < -0.3 is 10.2 Å². The number of rotatable bonds is 11. The summed E-state index contributed by atoms with van der Waals surface area (Å²) in [6, 6.07) is 1.38. The molecule has 2 heteroatoms. The minimum absolute atomic E-state index is 0.678. The molecule has 2 unspecified atom stereocenters. The highest BCUT2D eigenvalue weighted by molar-refractivity contribution is 4.65. The van der Waals surface area contributed by atoms with Crippen LogP contribution in [0.3, 0.4) is 0 Å². The van der Waals surface area contributed by atoms with Crippen molar-refractivity contribution in [3.8, 4) is 0 Å². The third kappa shape index (κ3) is 9.61. The van der Waals surface area contributed by atoms with Crippen LogP contribution < -0.4 is 5.32 Å². The predicted octanol–water partition coefficient (Wildman–Crippen LogP) is 3.67. The molecule has 0 saturated carbocycles. The lowest BCUT2D eigenvalue weighted by molar-refractivity contribution is 0.248. The number of hydrogen-bond acceptors (Lipinski definition) is 2. The summed E-state index contributed by atoms with van der Waals surface area (Å²) in [5.74, 6) is 0. The van der Waals surface area contributed by atoms with Gasteiger partial charge >= 0.3 is 0 Å². The van der Waals surface area contributed by atoms with Crippen molar-refractivity contribution < 1.29 is 0 Å². The zero-order valence-electron chi connectivity index (χ0n) is 12.8. The van der Waals surface area contributed by atoms with Gasteiger partial charge in [-0.1, -0.05) is 39.5 Å². The van der Waals surface area contributed by atoms with Crippen LogP contribution in [0, 0.1) is 0 Å². The molecular formula is C15H34N2. The van der Waals surface area contributed by atoms with Gasteiger partial charge in [0.05, 0.1) is 0 Å². The quantitative estimate of drug-likeness (QED) is 0.556. The first kappa shape index (κ1) is 16.9. The van der Waals surface area contributed by atoms with Crippen molar-refractivity contribution in [3.63, 3.8) is 0 Å². The van der Waals surface area contributed by atoms with Gasteiger partial charge in [0.15, 0.2) is 0 Å². The SMILES string of the molecule is CCCCCCC(C)NCCN(C)C(C)CC. The Labute approximate surface area is 109 Å². The zero-order valence-corrected chi connectivity index (χ0v) is 12.8. The van der Waals surface area contributed by atoms with Gasteiger partial charge in [0.25, 0.3) is 0 Å². The summed E-state index contributed by atoms with van der Waals surface area (Å²) in [5.41, 5.74) is 0. The predicted molar refractivity (Wildman–Crippen MR) is 78.6 cm³/mol. The van der Waals surface area contributed by atoms with Crippen LogP contribution in [0.25, 0.3) is 0 Å². The Hall–Kier alpha value is -0.0800. The van der Waals surface area contributed by atoms with E-state index in [9.17, 15) is 0 Å². The average molecular weight is 242 g/mol. The summed E-state index contributed by atoms with van der Waals surface area (Å²) >= 11 is 0. The highest BCUT2D eigenvalue weighted by Gasteiger charge is 2.06. The van der Waals surface area contributed by atoms with E-state index < -0.39 is 0 Å². The van der Waals surface area contributed by atoms with Gasteiger partial charge in [-0.15, -0.1) is 0 Å². The number of unbranched alkanes of at least 4 members (excludes halogenated alkanes) is 3. The van der Waals surface area contributed by atoms with Gasteiger partial charge in [-0.25, -0.2) is 0 Å². The second-order valence-electron chi connectivity index (χ2n) is 5.44. The third-order valence-electron chi connectivity index (χ3n) is 3.79. The molecule has 0 bridgehead atoms. The van der Waals surface area contributed by atoms with Crippen molar-refractivity contribution in [1.82, 2.24) is 10.2 Å². The molecule has 1 N–H and O–H groups in total. The van der Waals surface area contributed by atoms with Crippen LogP contribution in [0.15, 0.2) is 0 Å². The van der Waals surface area contributed by atoms with E-state index in [1.807, 2.05) is 0 Å². The summed E-state index contributed by atoms with van der Waals surface area (Å²) in [6.45, 7) is 11.4. The summed E-state index contributed by atoms with van der Waals surface area (Å²) in [7, 11) is 2.22. The Balaban J connectivity index is 3.40. The first-order valence-electron chi connectivity index (χ1n) is 7.55. The molecule has 0 aromatic heterocycles. The Morgan fingerprint density at radius 3 is 2.35 bits per heavy atom. The van der Waals surface area contributed by atoms with Gasteiger partial charge in [-0.05, 0) is 33.7 Å². The van der Waals surface area contributed by atoms with E-state index in [-0.39, 0.29) is 0 Å². The highest BCUT2D eigenvalue weighted by Crippen LogP contribution is 2.05. The monoisotopic (exact) mass is 242 g/mol. The maximum Gasteiger partial charge on any atom is 0.0107 e. The fourth-order valence-electron chi connectivity index (χ4n) is 2.00. The molecule has 0 aromatic rings. The summed E-state index contributed by atoms with van der Waals surface area (Å²) < 4.78 is 0. The number of hydrogen-bond donors (Lipinski definition) is 1. The van der Waals surface area contributed by atoms with Crippen LogP contribution in [0.1, 0.15) is 66.2 Å². The molecule has 0 heterocycles. The molecule has 104 valence electrons. The number of nitrogens with zero attached hydrogens (tertiary/aromatic N) is 1. The summed E-state index contributed by atoms with van der Waals surface area (Å²) in [5, 5.41) is 3.63. The van der Waals surface area contributed by atoms with Gasteiger partial charge in [-0.3, -0.25) is 0 Å². The Kier molecular flexibility index (Phi) is 11.0. The van der Waals surface area contributed by atoms with Crippen LogP contribution >= 0.6 is 0 Å². The molecule has 17 heavy (non-hydrogen) atoms. The van der Waals surface area contributed by atoms with E-state index in [1.165, 1.54) is 38.5 Å². The standard InChI is InChI=1S/C15H34N2/c1-6-8-9-10-11-14(3)16-12-13-17(5)15(4)7-2/h14-16H,6-13H2,1-5H3. The second kappa shape index (κ2) is 11.0. The fourth-order valence-corrected chi connectivity index (χ4v) is 2.00. The van der Waals surface area contributed by atoms with Gasteiger partial charge in [0.1, 0.15) is 0 Å². The largest absolute Gasteiger partial charge is 0.313 e. The van der Waals surface area contributed by atoms with E-state index in [1.54, 1.807) is 0 Å². The molecular weight excluding hydrogens is 208 g/mol. The van der Waals surface area contributed by atoms with Gasteiger partial charge in [-0.2, -0.15) is 0 Å². The minimum Gasteiger partial charge on any atom is -0.313 e. The Morgan fingerprint density at radius 1 is 1.06 bits per heavy atom. The second-order valence-corrected chi connectivity index (χ2v) is 5.44. The van der Waals surface area contributed by atoms with Crippen LogP contribution in [0.2, 0.25) is 0 Å². The van der Waals surface area contributed by atoms with E-state index in [4.69, 9.17) is 0 Å². The van der Waals surface area contributed by atoms with E-state index in [0.29, 0.717) is 12.1 Å². The first-order valence-corrected chi connectivity index (χ1v) is 7.55. The maximum absolute atomic E-state index is 3.63. The van der Waals surface area contributed by atoms with Crippen LogP contribution in [0.4, 0.5) is 0 Å². The molecule has 0 aliphatic rings. The van der Waals surface area contributed by atoms with Crippen LogP contribution in [0.5, 0.6) is 0 Å². The lowest BCUT2D eigenvalue weighted by Crippen LogP contribution is -2.37. The molecule has 0 saturated heterocycles. The molecule has 2 atom stereocenters. The molecule has 0 aliphatic carbocycles. The van der Waals surface area contributed by atoms with Gasteiger partial charge in [0, 0.05) is 25.2 Å².